The van der Waals surface area contributed by atoms with E-state index in [4.69, 9.17) is 0 Å². The molecule has 0 spiro atoms. The van der Waals surface area contributed by atoms with E-state index in [1.54, 1.807) is 18.2 Å². The molecule has 0 saturated carbocycles. The van der Waals surface area contributed by atoms with Gasteiger partial charge in [-0.25, -0.2) is 21.6 Å². The van der Waals surface area contributed by atoms with Gasteiger partial charge in [-0.1, -0.05) is 18.2 Å². The summed E-state index contributed by atoms with van der Waals surface area (Å²) in [6.07, 6.45) is 1.43. The Morgan fingerprint density at radius 2 is 1.61 bits per heavy atom. The molecule has 8 heteroatoms. The lowest BCUT2D eigenvalue weighted by Gasteiger charge is -2.10. The van der Waals surface area contributed by atoms with Crippen LogP contribution in [0.3, 0.4) is 0 Å². The SMILES string of the molecule is O=S(=O)(Nc1cc(F)c(F)c(F)c1)c1cccc2cccnc12. The van der Waals surface area contributed by atoms with Crippen molar-refractivity contribution in [3.8, 4) is 0 Å². The van der Waals surface area contributed by atoms with Crippen molar-refractivity contribution in [2.45, 2.75) is 4.90 Å². The van der Waals surface area contributed by atoms with Crippen LogP contribution in [0.5, 0.6) is 0 Å². The number of benzene rings is 2. The first kappa shape index (κ1) is 15.3. The maximum Gasteiger partial charge on any atom is 0.264 e. The van der Waals surface area contributed by atoms with Crippen LogP contribution in [0.25, 0.3) is 10.9 Å². The Kier molecular flexibility index (Phi) is 3.69. The number of sulfonamides is 1. The summed E-state index contributed by atoms with van der Waals surface area (Å²) in [5.41, 5.74) is -0.208. The van der Waals surface area contributed by atoms with E-state index in [9.17, 15) is 21.6 Å². The zero-order chi connectivity index (χ0) is 16.6. The lowest BCUT2D eigenvalue weighted by atomic mass is 10.2. The number of halogens is 3. The van der Waals surface area contributed by atoms with Crippen molar-refractivity contribution in [1.82, 2.24) is 4.98 Å². The number of nitrogens with one attached hydrogen (secondary N) is 1. The lowest BCUT2D eigenvalue weighted by Crippen LogP contribution is -2.14. The topological polar surface area (TPSA) is 59.1 Å². The molecular formula is C15H9F3N2O2S. The highest BCUT2D eigenvalue weighted by Crippen LogP contribution is 2.24. The molecule has 0 bridgehead atoms. The van der Waals surface area contributed by atoms with E-state index in [1.165, 1.54) is 18.3 Å². The predicted octanol–water partition coefficient (Wildman–Crippen LogP) is 3.45. The van der Waals surface area contributed by atoms with Gasteiger partial charge in [-0.3, -0.25) is 9.71 Å². The Balaban J connectivity index is 2.08. The maximum absolute atomic E-state index is 13.2. The van der Waals surface area contributed by atoms with Gasteiger partial charge in [-0.2, -0.15) is 0 Å². The monoisotopic (exact) mass is 338 g/mol. The molecule has 0 aliphatic rings. The molecule has 3 rings (SSSR count). The van der Waals surface area contributed by atoms with Crippen LogP contribution >= 0.6 is 0 Å². The number of hydrogen-bond acceptors (Lipinski definition) is 3. The van der Waals surface area contributed by atoms with Crippen molar-refractivity contribution in [2.75, 3.05) is 4.72 Å². The molecule has 1 N–H and O–H groups in total. The molecule has 118 valence electrons. The van der Waals surface area contributed by atoms with Crippen LogP contribution in [0.15, 0.2) is 53.6 Å². The second kappa shape index (κ2) is 5.54. The lowest BCUT2D eigenvalue weighted by molar-refractivity contribution is 0.448. The minimum Gasteiger partial charge on any atom is -0.279 e. The van der Waals surface area contributed by atoms with Crippen molar-refractivity contribution >= 4 is 26.6 Å². The number of fused-ring (bicyclic) bond motifs is 1. The van der Waals surface area contributed by atoms with Crippen LogP contribution in [0, 0.1) is 17.5 Å². The molecular weight excluding hydrogens is 329 g/mol. The van der Waals surface area contributed by atoms with Crippen molar-refractivity contribution in [1.29, 1.82) is 0 Å². The van der Waals surface area contributed by atoms with E-state index in [0.717, 1.165) is 0 Å². The van der Waals surface area contributed by atoms with Gasteiger partial charge in [0.15, 0.2) is 17.5 Å². The zero-order valence-corrected chi connectivity index (χ0v) is 12.2. The molecule has 23 heavy (non-hydrogen) atoms. The van der Waals surface area contributed by atoms with E-state index >= 15 is 0 Å². The molecule has 4 nitrogen and oxygen atoms in total. The fourth-order valence-corrected chi connectivity index (χ4v) is 3.34. The van der Waals surface area contributed by atoms with Gasteiger partial charge >= 0.3 is 0 Å². The quantitative estimate of drug-likeness (QED) is 0.744. The highest BCUT2D eigenvalue weighted by molar-refractivity contribution is 7.93. The van der Waals surface area contributed by atoms with E-state index in [2.05, 4.69) is 4.98 Å². The molecule has 0 aliphatic carbocycles. The average Bonchev–Trinajstić information content (AvgIpc) is 2.51. The summed E-state index contributed by atoms with van der Waals surface area (Å²) in [5.74, 6) is -4.64. The van der Waals surface area contributed by atoms with Crippen LogP contribution in [0.1, 0.15) is 0 Å². The van der Waals surface area contributed by atoms with Crippen LogP contribution in [0.4, 0.5) is 18.9 Å². The number of para-hydroxylation sites is 1. The van der Waals surface area contributed by atoms with Gasteiger partial charge < -0.3 is 0 Å². The first-order chi connectivity index (χ1) is 10.9. The first-order valence-corrected chi connectivity index (χ1v) is 7.88. The van der Waals surface area contributed by atoms with Crippen molar-refractivity contribution in [3.63, 3.8) is 0 Å². The zero-order valence-electron chi connectivity index (χ0n) is 11.4. The minimum absolute atomic E-state index is 0.152. The van der Waals surface area contributed by atoms with Crippen molar-refractivity contribution in [2.24, 2.45) is 0 Å². The molecule has 0 fully saturated rings. The molecule has 2 aromatic carbocycles. The number of nitrogens with zero attached hydrogens (tertiary/aromatic N) is 1. The van der Waals surface area contributed by atoms with Crippen LogP contribution in [-0.2, 0) is 10.0 Å². The number of rotatable bonds is 3. The third-order valence-corrected chi connectivity index (χ3v) is 4.53. The highest BCUT2D eigenvalue weighted by atomic mass is 32.2. The molecule has 0 atom stereocenters. The van der Waals surface area contributed by atoms with Gasteiger partial charge in [0.25, 0.3) is 10.0 Å². The van der Waals surface area contributed by atoms with E-state index in [1.807, 2.05) is 4.72 Å². The number of hydrogen-bond donors (Lipinski definition) is 1. The summed E-state index contributed by atoms with van der Waals surface area (Å²) in [4.78, 5) is 3.86. The Hall–Kier alpha value is -2.61. The van der Waals surface area contributed by atoms with Gasteiger partial charge in [0.2, 0.25) is 0 Å². The fraction of sp³-hybridized carbons (Fsp3) is 0. The molecule has 1 heterocycles. The van der Waals surface area contributed by atoms with Crippen LogP contribution in [0.2, 0.25) is 0 Å². The standard InChI is InChI=1S/C15H9F3N2O2S/c16-11-7-10(8-12(17)14(11)18)20-23(21,22)13-5-1-3-9-4-2-6-19-15(9)13/h1-8,20H. The Morgan fingerprint density at radius 1 is 0.957 bits per heavy atom. The summed E-state index contributed by atoms with van der Waals surface area (Å²) in [6, 6.07) is 8.97. The van der Waals surface area contributed by atoms with Crippen LogP contribution < -0.4 is 4.72 Å². The largest absolute Gasteiger partial charge is 0.279 e. The van der Waals surface area contributed by atoms with E-state index in [-0.39, 0.29) is 10.4 Å². The summed E-state index contributed by atoms with van der Waals surface area (Å²) in [5, 5.41) is 0.590. The van der Waals surface area contributed by atoms with Gasteiger partial charge in [-0.05, 0) is 12.1 Å². The van der Waals surface area contributed by atoms with Crippen LogP contribution in [-0.4, -0.2) is 13.4 Å². The Labute approximate surface area is 129 Å². The molecule has 0 aliphatic heterocycles. The molecule has 0 radical (unpaired) electrons. The molecule has 3 aromatic rings. The second-order valence-electron chi connectivity index (χ2n) is 4.69. The number of pyridine rings is 1. The molecule has 1 aromatic heterocycles. The normalized spacial score (nSPS) is 11.6. The first-order valence-electron chi connectivity index (χ1n) is 6.39. The van der Waals surface area contributed by atoms with Gasteiger partial charge in [0.05, 0.1) is 11.2 Å². The highest BCUT2D eigenvalue weighted by Gasteiger charge is 2.20. The summed E-state index contributed by atoms with van der Waals surface area (Å²) >= 11 is 0. The molecule has 0 amide bonds. The number of anilines is 1. The number of aromatic nitrogens is 1. The third-order valence-electron chi connectivity index (χ3n) is 3.12. The summed E-state index contributed by atoms with van der Waals surface area (Å²) in [7, 11) is -4.15. The van der Waals surface area contributed by atoms with Crippen molar-refractivity contribution < 1.29 is 21.6 Å². The minimum atomic E-state index is -4.15. The van der Waals surface area contributed by atoms with Crippen molar-refractivity contribution in [3.05, 3.63) is 66.1 Å². The van der Waals surface area contributed by atoms with Gasteiger partial charge in [0, 0.05) is 23.7 Å². The maximum atomic E-state index is 13.2. The molecule has 0 saturated heterocycles. The van der Waals surface area contributed by atoms with Gasteiger partial charge in [-0.15, -0.1) is 0 Å². The van der Waals surface area contributed by atoms with Gasteiger partial charge in [0.1, 0.15) is 4.90 Å². The van der Waals surface area contributed by atoms with E-state index in [0.29, 0.717) is 17.5 Å². The summed E-state index contributed by atoms with van der Waals surface area (Å²) in [6.45, 7) is 0. The third kappa shape index (κ3) is 2.85. The Bertz CT molecular complexity index is 978. The smallest absolute Gasteiger partial charge is 0.264 e. The Morgan fingerprint density at radius 3 is 2.30 bits per heavy atom. The fourth-order valence-electron chi connectivity index (χ4n) is 2.12. The van der Waals surface area contributed by atoms with E-state index < -0.39 is 33.2 Å². The second-order valence-corrected chi connectivity index (χ2v) is 6.34. The molecule has 0 unspecified atom stereocenters. The average molecular weight is 338 g/mol. The predicted molar refractivity (Wildman–Crippen MR) is 78.9 cm³/mol. The summed E-state index contributed by atoms with van der Waals surface area (Å²) < 4.78 is 66.2.